The molecule has 4 nitrogen and oxygen atoms in total. The second-order valence-corrected chi connectivity index (χ2v) is 6.17. The maximum absolute atomic E-state index is 12.1. The Kier molecular flexibility index (Phi) is 5.06. The van der Waals surface area contributed by atoms with Crippen LogP contribution < -0.4 is 10.2 Å². The minimum absolute atomic E-state index is 0.267. The Balaban J connectivity index is 2.01. The van der Waals surface area contributed by atoms with Gasteiger partial charge in [-0.1, -0.05) is 18.2 Å². The quantitative estimate of drug-likeness (QED) is 0.672. The lowest BCUT2D eigenvalue weighted by molar-refractivity contribution is 0.0806. The van der Waals surface area contributed by atoms with Gasteiger partial charge in [-0.05, 0) is 57.2 Å². The van der Waals surface area contributed by atoms with Crippen molar-refractivity contribution in [3.63, 3.8) is 0 Å². The largest absolute Gasteiger partial charge is 0.457 e. The van der Waals surface area contributed by atoms with Gasteiger partial charge in [0.25, 0.3) is 5.91 Å². The zero-order chi connectivity index (χ0) is 16.2. The number of ether oxygens (including phenoxy) is 1. The number of para-hydroxylation sites is 1. The third-order valence-electron chi connectivity index (χ3n) is 2.88. The van der Waals surface area contributed by atoms with E-state index in [4.69, 9.17) is 16.5 Å². The van der Waals surface area contributed by atoms with Gasteiger partial charge in [0.1, 0.15) is 11.5 Å². The molecule has 0 aliphatic heterocycles. The number of hydrazine groups is 1. The zero-order valence-corrected chi connectivity index (χ0v) is 13.6. The lowest BCUT2D eigenvalue weighted by Crippen LogP contribution is -2.46. The van der Waals surface area contributed by atoms with Gasteiger partial charge in [-0.3, -0.25) is 10.2 Å². The van der Waals surface area contributed by atoms with Crippen molar-refractivity contribution in [2.75, 3.05) is 0 Å². The molecule has 116 valence electrons. The number of benzene rings is 2. The molecule has 0 aromatic heterocycles. The van der Waals surface area contributed by atoms with Crippen LogP contribution in [0.15, 0.2) is 54.6 Å². The molecule has 0 saturated heterocycles. The molecule has 0 radical (unpaired) electrons. The van der Waals surface area contributed by atoms with E-state index in [0.29, 0.717) is 11.3 Å². The van der Waals surface area contributed by atoms with Gasteiger partial charge in [0.2, 0.25) is 0 Å². The summed E-state index contributed by atoms with van der Waals surface area (Å²) < 4.78 is 6.95. The summed E-state index contributed by atoms with van der Waals surface area (Å²) in [6.45, 7) is 5.70. The number of rotatable bonds is 4. The zero-order valence-electron chi connectivity index (χ0n) is 12.8. The molecule has 5 heteroatoms. The van der Waals surface area contributed by atoms with E-state index < -0.39 is 0 Å². The average molecular weight is 319 g/mol. The first kappa shape index (κ1) is 16.3. The predicted octanol–water partition coefficient (Wildman–Crippen LogP) is 4.38. The Labute approximate surface area is 135 Å². The van der Waals surface area contributed by atoms with Crippen molar-refractivity contribution in [3.8, 4) is 11.5 Å². The third-order valence-corrected chi connectivity index (χ3v) is 3.48. The van der Waals surface area contributed by atoms with Crippen LogP contribution in [0.5, 0.6) is 11.5 Å². The molecular weight excluding hydrogens is 300 g/mol. The van der Waals surface area contributed by atoms with Crippen molar-refractivity contribution >= 4 is 17.7 Å². The normalized spacial score (nSPS) is 11.3. The van der Waals surface area contributed by atoms with Crippen LogP contribution in [0.25, 0.3) is 0 Å². The number of halogens is 1. The van der Waals surface area contributed by atoms with Gasteiger partial charge in [0, 0.05) is 22.9 Å². The average Bonchev–Trinajstić information content (AvgIpc) is 2.48. The minimum Gasteiger partial charge on any atom is -0.457 e. The molecule has 0 saturated carbocycles. The summed E-state index contributed by atoms with van der Waals surface area (Å²) in [6, 6.07) is 16.4. The van der Waals surface area contributed by atoms with Crippen molar-refractivity contribution in [2.45, 2.75) is 26.3 Å². The molecule has 0 aliphatic rings. The van der Waals surface area contributed by atoms with Gasteiger partial charge in [-0.25, -0.2) is 0 Å². The number of hydrogen-bond acceptors (Lipinski definition) is 3. The smallest absolute Gasteiger partial charge is 0.266 e. The summed E-state index contributed by atoms with van der Waals surface area (Å²) in [4.78, 5) is 12.1. The predicted molar refractivity (Wildman–Crippen MR) is 87.9 cm³/mol. The molecular formula is C17H19ClN2O2. The first-order valence-electron chi connectivity index (χ1n) is 6.96. The number of hydrogen-bond donors (Lipinski definition) is 1. The number of amides is 1. The molecule has 0 spiro atoms. The fraction of sp³-hybridized carbons (Fsp3) is 0.235. The summed E-state index contributed by atoms with van der Waals surface area (Å²) in [5, 5.41) is 0. The molecule has 0 atom stereocenters. The summed E-state index contributed by atoms with van der Waals surface area (Å²) >= 11 is 6.02. The van der Waals surface area contributed by atoms with E-state index in [2.05, 4.69) is 5.43 Å². The molecule has 22 heavy (non-hydrogen) atoms. The molecule has 2 aromatic carbocycles. The summed E-state index contributed by atoms with van der Waals surface area (Å²) in [7, 11) is 0. The Morgan fingerprint density at radius 2 is 1.55 bits per heavy atom. The van der Waals surface area contributed by atoms with Gasteiger partial charge in [-0.15, -0.1) is 4.53 Å². The second kappa shape index (κ2) is 6.81. The van der Waals surface area contributed by atoms with E-state index >= 15 is 0 Å². The molecule has 0 heterocycles. The molecule has 0 bridgehead atoms. The first-order valence-corrected chi connectivity index (χ1v) is 7.30. The van der Waals surface area contributed by atoms with E-state index in [1.807, 2.05) is 51.1 Å². The Hall–Kier alpha value is -2.04. The highest BCUT2D eigenvalue weighted by Crippen LogP contribution is 2.21. The van der Waals surface area contributed by atoms with Crippen LogP contribution in [-0.2, 0) is 0 Å². The molecule has 1 amide bonds. The minimum atomic E-state index is -0.367. The van der Waals surface area contributed by atoms with Crippen LogP contribution in [0.3, 0.4) is 0 Å². The van der Waals surface area contributed by atoms with E-state index in [1.165, 1.54) is 4.53 Å². The second-order valence-electron chi connectivity index (χ2n) is 5.83. The topological polar surface area (TPSA) is 41.6 Å². The van der Waals surface area contributed by atoms with Crippen LogP contribution in [-0.4, -0.2) is 16.0 Å². The summed E-state index contributed by atoms with van der Waals surface area (Å²) in [5.74, 6) is 1.15. The molecule has 0 aliphatic carbocycles. The maximum Gasteiger partial charge on any atom is 0.266 e. The van der Waals surface area contributed by atoms with Crippen molar-refractivity contribution in [2.24, 2.45) is 0 Å². The summed E-state index contributed by atoms with van der Waals surface area (Å²) in [6.07, 6.45) is 0. The van der Waals surface area contributed by atoms with Crippen molar-refractivity contribution in [1.82, 2.24) is 9.95 Å². The highest BCUT2D eigenvalue weighted by atomic mass is 35.5. The van der Waals surface area contributed by atoms with Crippen LogP contribution in [0.1, 0.15) is 31.1 Å². The molecule has 2 aromatic rings. The van der Waals surface area contributed by atoms with Crippen molar-refractivity contribution in [3.05, 3.63) is 60.2 Å². The van der Waals surface area contributed by atoms with Crippen molar-refractivity contribution in [1.29, 1.82) is 0 Å². The lowest BCUT2D eigenvalue weighted by atomic mass is 10.1. The van der Waals surface area contributed by atoms with Crippen LogP contribution in [0, 0.1) is 0 Å². The summed E-state index contributed by atoms with van der Waals surface area (Å²) in [5.41, 5.74) is 2.77. The number of nitrogens with zero attached hydrogens (tertiary/aromatic N) is 1. The van der Waals surface area contributed by atoms with Gasteiger partial charge in [0.05, 0.1) is 0 Å². The van der Waals surface area contributed by atoms with Gasteiger partial charge >= 0.3 is 0 Å². The van der Waals surface area contributed by atoms with Crippen LogP contribution >= 0.6 is 11.8 Å². The standard InChI is InChI=1S/C17H19ClN2O2/c1-17(2,3)20(18)19-16(21)13-9-11-15(12-10-13)22-14-7-5-4-6-8-14/h4-12H,1-3H3,(H,19,21). The van der Waals surface area contributed by atoms with E-state index in [-0.39, 0.29) is 11.4 Å². The molecule has 1 N–H and O–H groups in total. The monoisotopic (exact) mass is 318 g/mol. The van der Waals surface area contributed by atoms with Crippen LogP contribution in [0.2, 0.25) is 0 Å². The number of nitrogens with one attached hydrogen (secondary N) is 1. The maximum atomic E-state index is 12.1. The van der Waals surface area contributed by atoms with Gasteiger partial charge in [0.15, 0.2) is 0 Å². The highest BCUT2D eigenvalue weighted by molar-refractivity contribution is 6.14. The van der Waals surface area contributed by atoms with E-state index in [0.717, 1.165) is 5.75 Å². The fourth-order valence-corrected chi connectivity index (χ4v) is 1.70. The van der Waals surface area contributed by atoms with Crippen molar-refractivity contribution < 1.29 is 9.53 Å². The fourth-order valence-electron chi connectivity index (χ4n) is 1.62. The highest BCUT2D eigenvalue weighted by Gasteiger charge is 2.21. The molecule has 0 unspecified atom stereocenters. The SMILES string of the molecule is CC(C)(C)N(Cl)NC(=O)c1ccc(Oc2ccccc2)cc1. The van der Waals surface area contributed by atoms with Gasteiger partial charge < -0.3 is 4.74 Å². The number of carbonyl (C=O) groups excluding carboxylic acids is 1. The Morgan fingerprint density at radius 1 is 1.00 bits per heavy atom. The molecule has 2 rings (SSSR count). The van der Waals surface area contributed by atoms with Gasteiger partial charge in [-0.2, -0.15) is 0 Å². The van der Waals surface area contributed by atoms with Crippen LogP contribution in [0.4, 0.5) is 0 Å². The lowest BCUT2D eigenvalue weighted by Gasteiger charge is -2.28. The number of carbonyl (C=O) groups is 1. The van der Waals surface area contributed by atoms with E-state index in [9.17, 15) is 4.79 Å². The Morgan fingerprint density at radius 3 is 2.09 bits per heavy atom. The van der Waals surface area contributed by atoms with E-state index in [1.54, 1.807) is 24.3 Å². The Bertz CT molecular complexity index is 621. The third kappa shape index (κ3) is 4.48. The molecule has 0 fully saturated rings. The first-order chi connectivity index (χ1) is 10.4.